The molecule has 0 saturated heterocycles. The fourth-order valence-corrected chi connectivity index (χ4v) is 1.79. The van der Waals surface area contributed by atoms with E-state index in [4.69, 9.17) is 9.47 Å². The van der Waals surface area contributed by atoms with Crippen molar-refractivity contribution < 1.29 is 14.3 Å². The molecule has 0 aliphatic heterocycles. The molecule has 18 heavy (non-hydrogen) atoms. The van der Waals surface area contributed by atoms with Crippen LogP contribution in [0.3, 0.4) is 0 Å². The van der Waals surface area contributed by atoms with Gasteiger partial charge < -0.3 is 14.8 Å². The summed E-state index contributed by atoms with van der Waals surface area (Å²) in [7, 11) is 1.58. The van der Waals surface area contributed by atoms with Crippen LogP contribution in [0.4, 0.5) is 5.69 Å². The van der Waals surface area contributed by atoms with Crippen LogP contribution in [0, 0.1) is 0 Å². The monoisotopic (exact) mass is 251 g/mol. The Morgan fingerprint density at radius 1 is 1.28 bits per heavy atom. The number of carbonyl (C=O) groups excluding carboxylic acids is 1. The van der Waals surface area contributed by atoms with Gasteiger partial charge in [-0.05, 0) is 25.5 Å². The Balaban J connectivity index is 2.92. The standard InChI is InChI=1S/C14H21NO3/c1-4-14(11-17-3,13(16)18-5-2)15-12-9-7-6-8-10-12/h6-10,15H,4-5,11H2,1-3H3. The topological polar surface area (TPSA) is 47.6 Å². The van der Waals surface area contributed by atoms with Crippen LogP contribution >= 0.6 is 0 Å². The highest BCUT2D eigenvalue weighted by molar-refractivity contribution is 5.84. The fraction of sp³-hybridized carbons (Fsp3) is 0.500. The molecule has 0 radical (unpaired) electrons. The van der Waals surface area contributed by atoms with Crippen LogP contribution in [0.2, 0.25) is 0 Å². The van der Waals surface area contributed by atoms with E-state index in [1.807, 2.05) is 37.3 Å². The lowest BCUT2D eigenvalue weighted by atomic mass is 9.96. The van der Waals surface area contributed by atoms with E-state index < -0.39 is 5.54 Å². The molecule has 1 aromatic rings. The van der Waals surface area contributed by atoms with Crippen molar-refractivity contribution in [2.75, 3.05) is 25.6 Å². The molecule has 1 atom stereocenters. The lowest BCUT2D eigenvalue weighted by molar-refractivity contribution is -0.150. The molecule has 1 rings (SSSR count). The number of esters is 1. The first kappa shape index (κ1) is 14.5. The molecule has 0 heterocycles. The van der Waals surface area contributed by atoms with Gasteiger partial charge in [0.1, 0.15) is 0 Å². The summed E-state index contributed by atoms with van der Waals surface area (Å²) in [4.78, 5) is 12.1. The van der Waals surface area contributed by atoms with Gasteiger partial charge in [0.05, 0.1) is 13.2 Å². The quantitative estimate of drug-likeness (QED) is 0.756. The smallest absolute Gasteiger partial charge is 0.334 e. The summed E-state index contributed by atoms with van der Waals surface area (Å²) in [6.45, 7) is 4.37. The fourth-order valence-electron chi connectivity index (χ4n) is 1.79. The summed E-state index contributed by atoms with van der Waals surface area (Å²) in [6, 6.07) is 9.60. The highest BCUT2D eigenvalue weighted by Gasteiger charge is 2.38. The average molecular weight is 251 g/mol. The van der Waals surface area contributed by atoms with E-state index in [2.05, 4.69) is 5.32 Å². The largest absolute Gasteiger partial charge is 0.464 e. The van der Waals surface area contributed by atoms with Gasteiger partial charge in [-0.3, -0.25) is 0 Å². The Morgan fingerprint density at radius 3 is 2.44 bits per heavy atom. The van der Waals surface area contributed by atoms with Gasteiger partial charge in [0, 0.05) is 12.8 Å². The minimum Gasteiger partial charge on any atom is -0.464 e. The van der Waals surface area contributed by atoms with E-state index in [9.17, 15) is 4.79 Å². The predicted octanol–water partition coefficient (Wildman–Crippen LogP) is 2.46. The summed E-state index contributed by atoms with van der Waals surface area (Å²) in [5.74, 6) is -0.279. The Kier molecular flexibility index (Phi) is 5.65. The van der Waals surface area contributed by atoms with Crippen molar-refractivity contribution in [1.29, 1.82) is 0 Å². The zero-order chi connectivity index (χ0) is 13.4. The van der Waals surface area contributed by atoms with Crippen molar-refractivity contribution in [3.63, 3.8) is 0 Å². The Morgan fingerprint density at radius 2 is 1.94 bits per heavy atom. The average Bonchev–Trinajstić information content (AvgIpc) is 2.39. The van der Waals surface area contributed by atoms with Gasteiger partial charge in [0.2, 0.25) is 0 Å². The molecule has 1 N–H and O–H groups in total. The van der Waals surface area contributed by atoms with Crippen LogP contribution in [0.25, 0.3) is 0 Å². The zero-order valence-electron chi connectivity index (χ0n) is 11.2. The SMILES string of the molecule is CCOC(=O)C(CC)(COC)Nc1ccccc1. The first-order chi connectivity index (χ1) is 8.68. The predicted molar refractivity (Wildman–Crippen MR) is 71.6 cm³/mol. The van der Waals surface area contributed by atoms with Crippen molar-refractivity contribution in [2.45, 2.75) is 25.8 Å². The van der Waals surface area contributed by atoms with Gasteiger partial charge in [-0.15, -0.1) is 0 Å². The molecule has 0 aliphatic carbocycles. The molecule has 4 nitrogen and oxygen atoms in total. The number of hydrogen-bond acceptors (Lipinski definition) is 4. The number of benzene rings is 1. The molecule has 0 bridgehead atoms. The minimum absolute atomic E-state index is 0.275. The number of para-hydroxylation sites is 1. The first-order valence-corrected chi connectivity index (χ1v) is 6.18. The molecule has 4 heteroatoms. The number of carbonyl (C=O) groups is 1. The lowest BCUT2D eigenvalue weighted by Crippen LogP contribution is -2.50. The van der Waals surface area contributed by atoms with E-state index in [0.29, 0.717) is 13.0 Å². The second-order valence-corrected chi connectivity index (χ2v) is 4.08. The number of ether oxygens (including phenoxy) is 2. The lowest BCUT2D eigenvalue weighted by Gasteiger charge is -2.31. The zero-order valence-corrected chi connectivity index (χ0v) is 11.2. The Bertz CT molecular complexity index is 367. The molecule has 0 aromatic heterocycles. The molecule has 1 unspecified atom stereocenters. The number of rotatable bonds is 7. The van der Waals surface area contributed by atoms with Gasteiger partial charge >= 0.3 is 5.97 Å². The third-order valence-electron chi connectivity index (χ3n) is 2.82. The highest BCUT2D eigenvalue weighted by atomic mass is 16.5. The molecule has 0 aliphatic rings. The van der Waals surface area contributed by atoms with Crippen molar-refractivity contribution in [2.24, 2.45) is 0 Å². The number of anilines is 1. The molecule has 0 fully saturated rings. The van der Waals surface area contributed by atoms with Crippen molar-refractivity contribution >= 4 is 11.7 Å². The molecular weight excluding hydrogens is 230 g/mol. The van der Waals surface area contributed by atoms with Gasteiger partial charge in [0.25, 0.3) is 0 Å². The first-order valence-electron chi connectivity index (χ1n) is 6.18. The summed E-state index contributed by atoms with van der Waals surface area (Å²) < 4.78 is 10.3. The van der Waals surface area contributed by atoms with Crippen LogP contribution in [-0.2, 0) is 14.3 Å². The molecule has 100 valence electrons. The normalized spacial score (nSPS) is 13.7. The molecular formula is C14H21NO3. The maximum absolute atomic E-state index is 12.1. The van der Waals surface area contributed by atoms with Gasteiger partial charge in [-0.1, -0.05) is 25.1 Å². The van der Waals surface area contributed by atoms with Crippen LogP contribution < -0.4 is 5.32 Å². The van der Waals surface area contributed by atoms with Gasteiger partial charge in [-0.25, -0.2) is 4.79 Å². The maximum atomic E-state index is 12.1. The Hall–Kier alpha value is -1.55. The van der Waals surface area contributed by atoms with Crippen molar-refractivity contribution in [3.8, 4) is 0 Å². The van der Waals surface area contributed by atoms with E-state index in [1.165, 1.54) is 0 Å². The van der Waals surface area contributed by atoms with E-state index >= 15 is 0 Å². The van der Waals surface area contributed by atoms with Crippen molar-refractivity contribution in [3.05, 3.63) is 30.3 Å². The van der Waals surface area contributed by atoms with E-state index in [1.54, 1.807) is 14.0 Å². The highest BCUT2D eigenvalue weighted by Crippen LogP contribution is 2.21. The van der Waals surface area contributed by atoms with Crippen LogP contribution in [0.1, 0.15) is 20.3 Å². The van der Waals surface area contributed by atoms with Crippen LogP contribution in [0.15, 0.2) is 30.3 Å². The second-order valence-electron chi connectivity index (χ2n) is 4.08. The van der Waals surface area contributed by atoms with Gasteiger partial charge in [-0.2, -0.15) is 0 Å². The van der Waals surface area contributed by atoms with E-state index in [-0.39, 0.29) is 12.6 Å². The molecule has 0 saturated carbocycles. The molecule has 0 spiro atoms. The molecule has 0 amide bonds. The number of methoxy groups -OCH3 is 1. The van der Waals surface area contributed by atoms with Crippen molar-refractivity contribution in [1.82, 2.24) is 0 Å². The minimum atomic E-state index is -0.827. The van der Waals surface area contributed by atoms with Crippen LogP contribution in [-0.4, -0.2) is 31.8 Å². The summed E-state index contributed by atoms with van der Waals surface area (Å²) in [5.41, 5.74) is 0.0519. The third kappa shape index (κ3) is 3.47. The number of hydrogen-bond donors (Lipinski definition) is 1. The van der Waals surface area contributed by atoms with Crippen LogP contribution in [0.5, 0.6) is 0 Å². The summed E-state index contributed by atoms with van der Waals surface area (Å²) in [6.07, 6.45) is 0.592. The summed E-state index contributed by atoms with van der Waals surface area (Å²) >= 11 is 0. The maximum Gasteiger partial charge on any atom is 0.334 e. The van der Waals surface area contributed by atoms with E-state index in [0.717, 1.165) is 5.69 Å². The summed E-state index contributed by atoms with van der Waals surface area (Å²) in [5, 5.41) is 3.23. The second kappa shape index (κ2) is 7.01. The number of nitrogens with one attached hydrogen (secondary N) is 1. The van der Waals surface area contributed by atoms with Gasteiger partial charge in [0.15, 0.2) is 5.54 Å². The molecule has 1 aromatic carbocycles. The Labute approximate surface area is 108 Å². The third-order valence-corrected chi connectivity index (χ3v) is 2.82.